The molecule has 12 rings (SSSR count). The van der Waals surface area contributed by atoms with E-state index in [4.69, 9.17) is 0 Å². The first-order valence-electron chi connectivity index (χ1n) is 32.4. The lowest BCUT2D eigenvalue weighted by Crippen LogP contribution is -2.41. The highest BCUT2D eigenvalue weighted by Crippen LogP contribution is 2.53. The lowest BCUT2D eigenvalue weighted by Gasteiger charge is -2.45. The molecule has 12 nitrogen and oxygen atoms in total. The smallest absolute Gasteiger partial charge is 0.272 e. The lowest BCUT2D eigenvalue weighted by molar-refractivity contribution is 0.0761. The standard InChI is InChI=1S/C25H30N2O2.C25H32N2O2.C24H31N3O/c1-3-27(4-2)24(29)19-10-8-18(9-11-19)21-17-25(12-14-26-15-13-25)16-20-6-5-7-22(28)23(20)21;1-3-27(4-2)24(29)18-9-10-21(23(28)15-18)22-17-25(11-13-26-14-12-25)16-19-7-5-6-8-20(19)22;1-3-27(4-2)23(28)22-10-9-19(17-26-22)21-16-24(11-13-25-14-12-24)15-18-7-5-6-8-20(18)21/h5-11,17,26,28H,3-4,12-16H2,1-2H3;5-10,15,22,26,28H,3-4,11-14,16-17H2,1-2H3;5-10,17,21,25H,3-4,11-16H2,1-2H3. The Hall–Kier alpha value is -7.12. The Morgan fingerprint density at radius 2 is 0.977 bits per heavy atom. The zero-order valence-electron chi connectivity index (χ0n) is 52.0. The Morgan fingerprint density at radius 1 is 0.488 bits per heavy atom. The van der Waals surface area contributed by atoms with Crippen molar-refractivity contribution in [2.75, 3.05) is 78.5 Å². The molecule has 86 heavy (non-hydrogen) atoms. The van der Waals surface area contributed by atoms with Crippen molar-refractivity contribution < 1.29 is 24.6 Å². The molecule has 3 aliphatic heterocycles. The van der Waals surface area contributed by atoms with Gasteiger partial charge in [-0.3, -0.25) is 19.4 Å². The number of phenolic OH excluding ortho intramolecular Hbond substituents is 2. The number of amides is 3. The van der Waals surface area contributed by atoms with E-state index in [1.165, 1.54) is 71.9 Å². The van der Waals surface area contributed by atoms with Crippen LogP contribution >= 0.6 is 0 Å². The molecule has 6 aliphatic rings. The van der Waals surface area contributed by atoms with Crippen molar-refractivity contribution in [3.8, 4) is 11.5 Å². The van der Waals surface area contributed by atoms with Gasteiger partial charge in [0.2, 0.25) is 0 Å². The van der Waals surface area contributed by atoms with Crippen LogP contribution < -0.4 is 16.0 Å². The van der Waals surface area contributed by atoms with Crippen LogP contribution in [0.2, 0.25) is 0 Å². The fraction of sp³-hybridized carbons (Fsp3) is 0.459. The Kier molecular flexibility index (Phi) is 20.0. The summed E-state index contributed by atoms with van der Waals surface area (Å²) in [4.78, 5) is 48.0. The van der Waals surface area contributed by atoms with E-state index in [-0.39, 0.29) is 34.8 Å². The monoisotopic (exact) mass is 1160 g/mol. The molecule has 3 fully saturated rings. The second-order valence-electron chi connectivity index (χ2n) is 25.2. The van der Waals surface area contributed by atoms with Crippen molar-refractivity contribution in [1.82, 2.24) is 35.6 Å². The summed E-state index contributed by atoms with van der Waals surface area (Å²) < 4.78 is 0. The van der Waals surface area contributed by atoms with Gasteiger partial charge in [0, 0.05) is 79.6 Å². The first kappa shape index (κ1) is 61.9. The first-order chi connectivity index (χ1) is 41.8. The van der Waals surface area contributed by atoms with Gasteiger partial charge in [0.15, 0.2) is 0 Å². The molecule has 0 bridgehead atoms. The number of aromatic nitrogens is 1. The van der Waals surface area contributed by atoms with Crippen LogP contribution in [-0.2, 0) is 19.3 Å². The minimum atomic E-state index is -0.0179. The minimum Gasteiger partial charge on any atom is -0.508 e. The fourth-order valence-electron chi connectivity index (χ4n) is 15.2. The Bertz CT molecular complexity index is 3320. The first-order valence-corrected chi connectivity index (χ1v) is 32.4. The minimum absolute atomic E-state index is 0.0179. The van der Waals surface area contributed by atoms with Crippen LogP contribution in [0.5, 0.6) is 11.5 Å². The molecule has 3 amide bonds. The van der Waals surface area contributed by atoms with Crippen molar-refractivity contribution in [2.45, 2.75) is 124 Å². The number of rotatable bonds is 12. The average Bonchev–Trinajstić information content (AvgIpc) is 1.05. The Morgan fingerprint density at radius 3 is 1.51 bits per heavy atom. The van der Waals surface area contributed by atoms with E-state index in [0.717, 1.165) is 93.6 Å². The van der Waals surface area contributed by atoms with Gasteiger partial charge in [-0.15, -0.1) is 0 Å². The van der Waals surface area contributed by atoms with E-state index < -0.39 is 0 Å². The molecule has 2 atom stereocenters. The van der Waals surface area contributed by atoms with Gasteiger partial charge in [-0.25, -0.2) is 0 Å². The predicted molar refractivity (Wildman–Crippen MR) is 346 cm³/mol. The van der Waals surface area contributed by atoms with Gasteiger partial charge in [-0.05, 0) is 249 Å². The predicted octanol–water partition coefficient (Wildman–Crippen LogP) is 12.6. The highest BCUT2D eigenvalue weighted by molar-refractivity contribution is 5.96. The lowest BCUT2D eigenvalue weighted by atomic mass is 9.61. The van der Waals surface area contributed by atoms with E-state index in [9.17, 15) is 24.6 Å². The normalized spacial score (nSPS) is 19.4. The fourth-order valence-corrected chi connectivity index (χ4v) is 15.2. The van der Waals surface area contributed by atoms with E-state index in [0.29, 0.717) is 78.6 Å². The zero-order valence-corrected chi connectivity index (χ0v) is 52.0. The van der Waals surface area contributed by atoms with Gasteiger partial charge in [0.25, 0.3) is 17.7 Å². The zero-order chi connectivity index (χ0) is 60.4. The molecule has 3 spiro atoms. The summed E-state index contributed by atoms with van der Waals surface area (Å²) in [5.41, 5.74) is 14.8. The maximum Gasteiger partial charge on any atom is 0.272 e. The summed E-state index contributed by atoms with van der Waals surface area (Å²) in [6.07, 6.45) is 16.9. The van der Waals surface area contributed by atoms with Crippen LogP contribution in [0.4, 0.5) is 0 Å². The van der Waals surface area contributed by atoms with E-state index in [2.05, 4.69) is 87.7 Å². The van der Waals surface area contributed by atoms with Crippen LogP contribution in [-0.4, -0.2) is 126 Å². The van der Waals surface area contributed by atoms with Gasteiger partial charge < -0.3 is 40.9 Å². The number of allylic oxidation sites excluding steroid dienone is 1. The molecule has 454 valence electrons. The number of nitrogens with zero attached hydrogens (tertiary/aromatic N) is 4. The number of aromatic hydroxyl groups is 2. The molecule has 4 heterocycles. The summed E-state index contributed by atoms with van der Waals surface area (Å²) >= 11 is 0. The summed E-state index contributed by atoms with van der Waals surface area (Å²) in [7, 11) is 0. The number of carbonyl (C=O) groups excluding carboxylic acids is 3. The third-order valence-electron chi connectivity index (χ3n) is 20.2. The summed E-state index contributed by atoms with van der Waals surface area (Å²) in [5.74, 6) is 1.20. The third kappa shape index (κ3) is 13.4. The Labute approximate surface area is 511 Å². The molecule has 3 saturated heterocycles. The van der Waals surface area contributed by atoms with E-state index in [1.54, 1.807) is 17.0 Å². The maximum absolute atomic E-state index is 12.7. The summed E-state index contributed by atoms with van der Waals surface area (Å²) in [6, 6.07) is 40.9. The van der Waals surface area contributed by atoms with E-state index in [1.807, 2.05) is 106 Å². The molecule has 0 saturated carbocycles. The number of carbonyl (C=O) groups is 3. The van der Waals surface area contributed by atoms with Gasteiger partial charge in [0.1, 0.15) is 17.2 Å². The van der Waals surface area contributed by atoms with Gasteiger partial charge >= 0.3 is 0 Å². The van der Waals surface area contributed by atoms with Crippen molar-refractivity contribution in [2.24, 2.45) is 16.2 Å². The SMILES string of the molecule is CCN(CC)C(=O)c1ccc(C2=CC3(CCNCC3)Cc3cccc(O)c32)cc1.CCN(CC)C(=O)c1ccc(C2CC3(CCNCC3)Cc3ccccc32)c(O)c1.CCN(CC)C(=O)c1ccc(C2CC3(CCNCC3)Cc3ccccc32)cn1. The quantitative estimate of drug-likeness (QED) is 0.0807. The van der Waals surface area contributed by atoms with Crippen molar-refractivity contribution >= 4 is 23.3 Å². The molecule has 1 aromatic heterocycles. The average molecular weight is 1160 g/mol. The Balaban J connectivity index is 0.000000143. The molecular formula is C74H93N7O5. The van der Waals surface area contributed by atoms with E-state index >= 15 is 0 Å². The number of pyridine rings is 1. The van der Waals surface area contributed by atoms with Crippen LogP contribution in [0.3, 0.4) is 0 Å². The number of hydrogen-bond acceptors (Lipinski definition) is 9. The van der Waals surface area contributed by atoms with Crippen molar-refractivity contribution in [3.63, 3.8) is 0 Å². The summed E-state index contributed by atoms with van der Waals surface area (Å²) in [6.45, 7) is 22.6. The highest BCUT2D eigenvalue weighted by Gasteiger charge is 2.43. The number of fused-ring (bicyclic) bond motifs is 3. The molecule has 0 radical (unpaired) electrons. The number of phenols is 2. The maximum atomic E-state index is 12.7. The molecule has 6 aromatic rings. The van der Waals surface area contributed by atoms with Crippen molar-refractivity contribution in [1.29, 1.82) is 0 Å². The number of hydrogen-bond donors (Lipinski definition) is 5. The largest absolute Gasteiger partial charge is 0.508 e. The van der Waals surface area contributed by atoms with Crippen LogP contribution in [0.1, 0.15) is 186 Å². The molecule has 3 aliphatic carbocycles. The number of nitrogens with one attached hydrogen (secondary N) is 3. The second-order valence-corrected chi connectivity index (χ2v) is 25.2. The topological polar surface area (TPSA) is 150 Å². The molecular weight excluding hydrogens is 1070 g/mol. The highest BCUT2D eigenvalue weighted by atomic mass is 16.3. The number of piperidine rings is 3. The third-order valence-corrected chi connectivity index (χ3v) is 20.2. The van der Waals surface area contributed by atoms with Crippen LogP contribution in [0.15, 0.2) is 134 Å². The van der Waals surface area contributed by atoms with Crippen molar-refractivity contribution in [3.05, 3.63) is 200 Å². The molecule has 12 heteroatoms. The molecule has 5 aromatic carbocycles. The van der Waals surface area contributed by atoms with Gasteiger partial charge in [0.05, 0.1) is 0 Å². The number of benzene rings is 5. The second kappa shape index (κ2) is 27.7. The van der Waals surface area contributed by atoms with Gasteiger partial charge in [-0.2, -0.15) is 0 Å². The molecule has 2 unspecified atom stereocenters. The molecule has 5 N–H and O–H groups in total. The van der Waals surface area contributed by atoms with Crippen LogP contribution in [0.25, 0.3) is 5.57 Å². The summed E-state index contributed by atoms with van der Waals surface area (Å²) in [5, 5.41) is 32.1. The van der Waals surface area contributed by atoms with Crippen LogP contribution in [0, 0.1) is 16.2 Å². The van der Waals surface area contributed by atoms with Gasteiger partial charge in [-0.1, -0.05) is 91.0 Å².